The Bertz CT molecular complexity index is 663. The largest absolute Gasteiger partial charge is 0.394 e. The van der Waals surface area contributed by atoms with Gasteiger partial charge in [-0.3, -0.25) is 13.9 Å². The summed E-state index contributed by atoms with van der Waals surface area (Å²) in [4.78, 5) is 23.7. The minimum absolute atomic E-state index is 0.238. The standard InChI is InChI=1S/C13H18N2O6/c1-13(2)20-9-7(6-16)19-11(10(9)21-13)15-5-4-8(17)14(3)12(15)18/h4-5,7,9-11,16H,6H2,1-3H3/t7-,9+,10-,11-/m1/s1. The molecule has 2 aliphatic rings. The summed E-state index contributed by atoms with van der Waals surface area (Å²) < 4.78 is 19.5. The highest BCUT2D eigenvalue weighted by atomic mass is 16.8. The fourth-order valence-corrected chi connectivity index (χ4v) is 2.81. The third-order valence-corrected chi connectivity index (χ3v) is 3.80. The first-order valence-corrected chi connectivity index (χ1v) is 6.74. The Labute approximate surface area is 120 Å². The van der Waals surface area contributed by atoms with Crippen LogP contribution in [0.4, 0.5) is 0 Å². The van der Waals surface area contributed by atoms with Gasteiger partial charge in [-0.2, -0.15) is 0 Å². The summed E-state index contributed by atoms with van der Waals surface area (Å²) in [5.41, 5.74) is -0.897. The van der Waals surface area contributed by atoms with E-state index in [1.54, 1.807) is 13.8 Å². The average molecular weight is 298 g/mol. The fraction of sp³-hybridized carbons (Fsp3) is 0.692. The highest BCUT2D eigenvalue weighted by molar-refractivity contribution is 4.99. The van der Waals surface area contributed by atoms with Crippen molar-refractivity contribution in [3.8, 4) is 0 Å². The van der Waals surface area contributed by atoms with E-state index in [4.69, 9.17) is 14.2 Å². The predicted molar refractivity (Wildman–Crippen MR) is 70.8 cm³/mol. The van der Waals surface area contributed by atoms with Crippen LogP contribution in [-0.2, 0) is 21.3 Å². The molecule has 0 amide bonds. The third-order valence-electron chi connectivity index (χ3n) is 3.80. The maximum Gasteiger partial charge on any atom is 0.332 e. The minimum Gasteiger partial charge on any atom is -0.394 e. The Hall–Kier alpha value is -1.48. The van der Waals surface area contributed by atoms with E-state index in [9.17, 15) is 14.7 Å². The summed E-state index contributed by atoms with van der Waals surface area (Å²) in [5, 5.41) is 9.41. The molecule has 1 aromatic rings. The van der Waals surface area contributed by atoms with Crippen molar-refractivity contribution in [2.45, 2.75) is 44.2 Å². The zero-order valence-corrected chi connectivity index (χ0v) is 12.1. The number of fused-ring (bicyclic) bond motifs is 1. The van der Waals surface area contributed by atoms with Crippen LogP contribution in [0, 0.1) is 0 Å². The van der Waals surface area contributed by atoms with Crippen LogP contribution in [0.2, 0.25) is 0 Å². The average Bonchev–Trinajstić information content (AvgIpc) is 2.90. The van der Waals surface area contributed by atoms with Crippen LogP contribution in [0.3, 0.4) is 0 Å². The molecule has 0 aromatic carbocycles. The lowest BCUT2D eigenvalue weighted by molar-refractivity contribution is -0.200. The molecular weight excluding hydrogens is 280 g/mol. The molecule has 2 aliphatic heterocycles. The fourth-order valence-electron chi connectivity index (χ4n) is 2.81. The van der Waals surface area contributed by atoms with Gasteiger partial charge in [-0.05, 0) is 13.8 Å². The maximum absolute atomic E-state index is 12.2. The molecule has 8 nitrogen and oxygen atoms in total. The van der Waals surface area contributed by atoms with Gasteiger partial charge in [0.05, 0.1) is 6.61 Å². The zero-order chi connectivity index (χ0) is 15.4. The molecule has 2 fully saturated rings. The molecular formula is C13H18N2O6. The van der Waals surface area contributed by atoms with Gasteiger partial charge in [0.15, 0.2) is 12.0 Å². The smallest absolute Gasteiger partial charge is 0.332 e. The number of aromatic nitrogens is 2. The molecule has 0 aliphatic carbocycles. The van der Waals surface area contributed by atoms with E-state index in [-0.39, 0.29) is 6.61 Å². The molecule has 0 bridgehead atoms. The first kappa shape index (κ1) is 14.5. The van der Waals surface area contributed by atoms with Crippen molar-refractivity contribution < 1.29 is 19.3 Å². The van der Waals surface area contributed by atoms with Gasteiger partial charge >= 0.3 is 5.69 Å². The van der Waals surface area contributed by atoms with Crippen molar-refractivity contribution in [2.75, 3.05) is 6.61 Å². The number of hydrogen-bond donors (Lipinski definition) is 1. The number of aliphatic hydroxyl groups excluding tert-OH is 1. The minimum atomic E-state index is -0.810. The van der Waals surface area contributed by atoms with Crippen LogP contribution < -0.4 is 11.2 Å². The zero-order valence-electron chi connectivity index (χ0n) is 12.1. The van der Waals surface area contributed by atoms with Gasteiger partial charge in [0, 0.05) is 19.3 Å². The summed E-state index contributed by atoms with van der Waals surface area (Å²) in [7, 11) is 1.40. The van der Waals surface area contributed by atoms with Gasteiger partial charge in [-0.1, -0.05) is 0 Å². The van der Waals surface area contributed by atoms with Crippen molar-refractivity contribution in [3.05, 3.63) is 33.1 Å². The van der Waals surface area contributed by atoms with E-state index in [0.717, 1.165) is 4.57 Å². The summed E-state index contributed by atoms with van der Waals surface area (Å²) in [6.07, 6.45) is -0.925. The molecule has 3 rings (SSSR count). The van der Waals surface area contributed by atoms with Crippen LogP contribution in [0.1, 0.15) is 20.1 Å². The normalized spacial score (nSPS) is 34.1. The van der Waals surface area contributed by atoms with E-state index >= 15 is 0 Å². The van der Waals surface area contributed by atoms with Crippen LogP contribution in [0.5, 0.6) is 0 Å². The number of rotatable bonds is 2. The Morgan fingerprint density at radius 1 is 1.29 bits per heavy atom. The second-order valence-electron chi connectivity index (χ2n) is 5.72. The molecule has 8 heteroatoms. The van der Waals surface area contributed by atoms with Gasteiger partial charge in [0.2, 0.25) is 0 Å². The second-order valence-corrected chi connectivity index (χ2v) is 5.72. The van der Waals surface area contributed by atoms with Crippen molar-refractivity contribution in [1.82, 2.24) is 9.13 Å². The quantitative estimate of drug-likeness (QED) is 0.749. The lowest BCUT2D eigenvalue weighted by Gasteiger charge is -2.24. The van der Waals surface area contributed by atoms with Gasteiger partial charge in [0.1, 0.15) is 18.3 Å². The SMILES string of the molecule is Cn1c(=O)ccn([C@@H]2O[C@H](CO)[C@@H]3OC(C)(C)O[C@H]32)c1=O. The van der Waals surface area contributed by atoms with Crippen molar-refractivity contribution >= 4 is 0 Å². The molecule has 2 saturated heterocycles. The van der Waals surface area contributed by atoms with E-state index in [1.165, 1.54) is 23.9 Å². The van der Waals surface area contributed by atoms with E-state index in [1.807, 2.05) is 0 Å². The van der Waals surface area contributed by atoms with Crippen LogP contribution >= 0.6 is 0 Å². The van der Waals surface area contributed by atoms with Crippen LogP contribution in [0.25, 0.3) is 0 Å². The first-order chi connectivity index (χ1) is 9.84. The third kappa shape index (κ3) is 2.24. The summed E-state index contributed by atoms with van der Waals surface area (Å²) in [5.74, 6) is -0.810. The lowest BCUT2D eigenvalue weighted by Crippen LogP contribution is -2.41. The number of nitrogens with zero attached hydrogens (tertiary/aromatic N) is 2. The van der Waals surface area contributed by atoms with Crippen LogP contribution in [-0.4, -0.2) is 44.9 Å². The number of aliphatic hydroxyl groups is 1. The molecule has 1 N–H and O–H groups in total. The Morgan fingerprint density at radius 2 is 1.95 bits per heavy atom. The molecule has 4 atom stereocenters. The maximum atomic E-state index is 12.2. The van der Waals surface area contributed by atoms with Gasteiger partial charge in [-0.25, -0.2) is 4.79 Å². The first-order valence-electron chi connectivity index (χ1n) is 6.74. The molecule has 21 heavy (non-hydrogen) atoms. The van der Waals surface area contributed by atoms with E-state index in [2.05, 4.69) is 0 Å². The van der Waals surface area contributed by atoms with Gasteiger partial charge in [0.25, 0.3) is 5.56 Å². The van der Waals surface area contributed by atoms with Gasteiger partial charge in [-0.15, -0.1) is 0 Å². The van der Waals surface area contributed by atoms with Crippen molar-refractivity contribution in [1.29, 1.82) is 0 Å². The summed E-state index contributed by atoms with van der Waals surface area (Å²) in [6, 6.07) is 1.28. The molecule has 3 heterocycles. The molecule has 0 saturated carbocycles. The molecule has 1 aromatic heterocycles. The van der Waals surface area contributed by atoms with Crippen molar-refractivity contribution in [3.63, 3.8) is 0 Å². The van der Waals surface area contributed by atoms with Crippen LogP contribution in [0.15, 0.2) is 21.9 Å². The predicted octanol–water partition coefficient (Wildman–Crippen LogP) is -1.04. The van der Waals surface area contributed by atoms with E-state index in [0.29, 0.717) is 0 Å². The molecule has 0 unspecified atom stereocenters. The Balaban J connectivity index is 2.02. The van der Waals surface area contributed by atoms with Crippen molar-refractivity contribution in [2.24, 2.45) is 7.05 Å². The molecule has 0 radical (unpaired) electrons. The van der Waals surface area contributed by atoms with E-state index < -0.39 is 41.6 Å². The summed E-state index contributed by atoms with van der Waals surface area (Å²) in [6.45, 7) is 3.29. The molecule has 116 valence electrons. The molecule has 0 spiro atoms. The number of hydrogen-bond acceptors (Lipinski definition) is 6. The monoisotopic (exact) mass is 298 g/mol. The second kappa shape index (κ2) is 4.77. The Morgan fingerprint density at radius 3 is 2.62 bits per heavy atom. The van der Waals surface area contributed by atoms with Gasteiger partial charge < -0.3 is 19.3 Å². The Kier molecular flexibility index (Phi) is 3.28. The highest BCUT2D eigenvalue weighted by Crippen LogP contribution is 2.42. The highest BCUT2D eigenvalue weighted by Gasteiger charge is 2.55. The number of ether oxygens (including phenoxy) is 3. The lowest BCUT2D eigenvalue weighted by atomic mass is 10.1. The summed E-state index contributed by atoms with van der Waals surface area (Å²) >= 11 is 0. The topological polar surface area (TPSA) is 91.9 Å².